The highest BCUT2D eigenvalue weighted by molar-refractivity contribution is 6.49. The number of likely N-dealkylation sites (N-methyl/N-ethyl adjacent to an activating group) is 1. The minimum atomic E-state index is -1.30. The molecule has 1 aromatic heterocycles. The summed E-state index contributed by atoms with van der Waals surface area (Å²) in [4.78, 5) is 10.0. The molecule has 0 aliphatic heterocycles. The van der Waals surface area contributed by atoms with Crippen LogP contribution in [-0.4, -0.2) is 33.4 Å². The van der Waals surface area contributed by atoms with Crippen molar-refractivity contribution in [1.29, 1.82) is 0 Å². The number of rotatable bonds is 5. The number of hydrogen-bond acceptors (Lipinski definition) is 4. The molecule has 0 aliphatic rings. The van der Waals surface area contributed by atoms with E-state index >= 15 is 0 Å². The maximum absolute atomic E-state index is 6.66. The van der Waals surface area contributed by atoms with E-state index in [4.69, 9.17) is 28.9 Å². The largest absolute Gasteiger partial charge is 0.317 e. The number of nitrogens with zero attached hydrogens (tertiary/aromatic N) is 3. The third-order valence-corrected chi connectivity index (χ3v) is 4.81. The Morgan fingerprint density at radius 1 is 1.14 bits per heavy atom. The first-order valence-electron chi connectivity index (χ1n) is 6.52. The number of nitrogens with two attached hydrogens (primary N) is 1. The van der Waals surface area contributed by atoms with E-state index in [1.165, 1.54) is 0 Å². The Kier molecular flexibility index (Phi) is 4.84. The third kappa shape index (κ3) is 3.19. The summed E-state index contributed by atoms with van der Waals surface area (Å²) in [5.41, 5.74) is 7.20. The van der Waals surface area contributed by atoms with Crippen molar-refractivity contribution in [1.82, 2.24) is 14.9 Å². The molecule has 0 radical (unpaired) electrons. The Labute approximate surface area is 134 Å². The van der Waals surface area contributed by atoms with E-state index in [1.54, 1.807) is 37.6 Å². The van der Waals surface area contributed by atoms with Crippen molar-refractivity contribution in [3.05, 3.63) is 60.2 Å². The van der Waals surface area contributed by atoms with Gasteiger partial charge in [0.25, 0.3) is 0 Å². The van der Waals surface area contributed by atoms with Crippen molar-refractivity contribution in [2.75, 3.05) is 14.1 Å². The number of aromatic nitrogens is 2. The van der Waals surface area contributed by atoms with Crippen LogP contribution in [0.5, 0.6) is 0 Å². The second kappa shape index (κ2) is 6.28. The summed E-state index contributed by atoms with van der Waals surface area (Å²) in [7, 11) is 3.59. The van der Waals surface area contributed by atoms with E-state index in [2.05, 4.69) is 9.97 Å². The smallest absolute Gasteiger partial charge is 0.193 e. The van der Waals surface area contributed by atoms with E-state index < -0.39 is 10.00 Å². The molecule has 0 spiro atoms. The first-order valence-corrected chi connectivity index (χ1v) is 7.28. The number of alkyl halides is 2. The fourth-order valence-electron chi connectivity index (χ4n) is 2.22. The molecule has 1 unspecified atom stereocenters. The summed E-state index contributed by atoms with van der Waals surface area (Å²) in [6, 6.07) is 9.57. The van der Waals surface area contributed by atoms with Gasteiger partial charge in [-0.1, -0.05) is 53.5 Å². The van der Waals surface area contributed by atoms with Gasteiger partial charge < -0.3 is 5.73 Å². The molecule has 21 heavy (non-hydrogen) atoms. The zero-order chi connectivity index (χ0) is 15.5. The molecule has 2 N–H and O–H groups in total. The lowest BCUT2D eigenvalue weighted by atomic mass is 9.85. The van der Waals surface area contributed by atoms with E-state index in [1.807, 2.05) is 30.3 Å². The van der Waals surface area contributed by atoms with Crippen LogP contribution >= 0.6 is 23.2 Å². The summed E-state index contributed by atoms with van der Waals surface area (Å²) in [5.74, 6) is 0. The molecule has 0 fully saturated rings. The Hall–Kier alpha value is -1.20. The van der Waals surface area contributed by atoms with Crippen LogP contribution in [0.2, 0.25) is 0 Å². The fraction of sp³-hybridized carbons (Fsp3) is 0.333. The Morgan fingerprint density at radius 3 is 2.33 bits per heavy atom. The minimum absolute atomic E-state index is 0.371. The summed E-state index contributed by atoms with van der Waals surface area (Å²) >= 11 is 13.2. The van der Waals surface area contributed by atoms with Crippen LogP contribution in [0.15, 0.2) is 48.9 Å². The van der Waals surface area contributed by atoms with Crippen molar-refractivity contribution in [3.63, 3.8) is 0 Å². The average molecular weight is 325 g/mol. The van der Waals surface area contributed by atoms with E-state index in [0.29, 0.717) is 6.42 Å². The van der Waals surface area contributed by atoms with Gasteiger partial charge in [0, 0.05) is 25.0 Å². The fourth-order valence-corrected chi connectivity index (χ4v) is 2.58. The second-order valence-electron chi connectivity index (χ2n) is 5.15. The molecule has 4 nitrogen and oxygen atoms in total. The zero-order valence-corrected chi connectivity index (χ0v) is 13.5. The normalized spacial score (nSPS) is 15.0. The van der Waals surface area contributed by atoms with Crippen LogP contribution in [0.1, 0.15) is 11.3 Å². The molecule has 2 rings (SSSR count). The highest BCUT2D eigenvalue weighted by Gasteiger charge is 2.50. The second-order valence-corrected chi connectivity index (χ2v) is 6.43. The van der Waals surface area contributed by atoms with Gasteiger partial charge in [-0.2, -0.15) is 0 Å². The monoisotopic (exact) mass is 324 g/mol. The molecule has 112 valence electrons. The van der Waals surface area contributed by atoms with Gasteiger partial charge in [0.1, 0.15) is 0 Å². The quantitative estimate of drug-likeness (QED) is 0.678. The van der Waals surface area contributed by atoms with Crippen LogP contribution in [0.4, 0.5) is 0 Å². The molecular formula is C15H18Cl2N4. The standard InChI is InChI=1S/C15H18Cl2N4/c1-21(2)15(16,17)14(18,12-6-4-3-5-7-12)10-13-11-19-8-9-20-13/h3-9,11H,10,18H2,1-2H3. The lowest BCUT2D eigenvalue weighted by Crippen LogP contribution is -2.59. The summed E-state index contributed by atoms with van der Waals surface area (Å²) in [5, 5.41) is 0. The van der Waals surface area contributed by atoms with E-state index in [-0.39, 0.29) is 0 Å². The van der Waals surface area contributed by atoms with Gasteiger partial charge in [-0.05, 0) is 19.7 Å². The van der Waals surface area contributed by atoms with Gasteiger partial charge in [0.05, 0.1) is 11.2 Å². The summed E-state index contributed by atoms with van der Waals surface area (Å²) < 4.78 is -1.30. The topological polar surface area (TPSA) is 55.0 Å². The predicted octanol–water partition coefficient (Wildman–Crippen LogP) is 2.57. The van der Waals surface area contributed by atoms with Crippen molar-refractivity contribution < 1.29 is 0 Å². The molecule has 1 aromatic carbocycles. The third-order valence-electron chi connectivity index (χ3n) is 3.46. The zero-order valence-electron chi connectivity index (χ0n) is 12.0. The van der Waals surface area contributed by atoms with Crippen molar-refractivity contribution in [2.24, 2.45) is 5.73 Å². The van der Waals surface area contributed by atoms with Gasteiger partial charge in [-0.15, -0.1) is 0 Å². The van der Waals surface area contributed by atoms with Crippen LogP contribution in [0, 0.1) is 0 Å². The molecule has 1 atom stereocenters. The van der Waals surface area contributed by atoms with E-state index in [9.17, 15) is 0 Å². The maximum atomic E-state index is 6.66. The molecule has 0 aliphatic carbocycles. The minimum Gasteiger partial charge on any atom is -0.317 e. The lowest BCUT2D eigenvalue weighted by Gasteiger charge is -2.44. The molecule has 2 aromatic rings. The molecule has 0 saturated heterocycles. The van der Waals surface area contributed by atoms with Crippen LogP contribution in [0.25, 0.3) is 0 Å². The Balaban J connectivity index is 2.49. The summed E-state index contributed by atoms with van der Waals surface area (Å²) in [6.07, 6.45) is 5.28. The molecule has 6 heteroatoms. The molecule has 0 saturated carbocycles. The van der Waals surface area contributed by atoms with Crippen molar-refractivity contribution >= 4 is 23.2 Å². The van der Waals surface area contributed by atoms with Crippen LogP contribution in [-0.2, 0) is 12.0 Å². The van der Waals surface area contributed by atoms with Gasteiger partial charge in [0.2, 0.25) is 0 Å². The highest BCUT2D eigenvalue weighted by atomic mass is 35.5. The SMILES string of the molecule is CN(C)C(Cl)(Cl)C(N)(Cc1cnccn1)c1ccccc1. The summed E-state index contributed by atoms with van der Waals surface area (Å²) in [6.45, 7) is 0. The number of halogens is 2. The van der Waals surface area contributed by atoms with Crippen molar-refractivity contribution in [3.8, 4) is 0 Å². The molecule has 0 amide bonds. The predicted molar refractivity (Wildman–Crippen MR) is 86.2 cm³/mol. The average Bonchev–Trinajstić information content (AvgIpc) is 2.48. The molecule has 1 heterocycles. The highest BCUT2D eigenvalue weighted by Crippen LogP contribution is 2.43. The maximum Gasteiger partial charge on any atom is 0.193 e. The molecule has 0 bridgehead atoms. The first kappa shape index (κ1) is 16.2. The Bertz CT molecular complexity index is 575. The lowest BCUT2D eigenvalue weighted by molar-refractivity contribution is 0.207. The molecular weight excluding hydrogens is 307 g/mol. The van der Waals surface area contributed by atoms with Crippen LogP contribution < -0.4 is 5.73 Å². The number of hydrogen-bond donors (Lipinski definition) is 1. The van der Waals surface area contributed by atoms with Gasteiger partial charge in [-0.25, -0.2) is 0 Å². The van der Waals surface area contributed by atoms with Gasteiger partial charge >= 0.3 is 0 Å². The van der Waals surface area contributed by atoms with Gasteiger partial charge in [0.15, 0.2) is 4.46 Å². The first-order chi connectivity index (χ1) is 9.88. The van der Waals surface area contributed by atoms with Crippen LogP contribution in [0.3, 0.4) is 0 Å². The number of benzene rings is 1. The van der Waals surface area contributed by atoms with Crippen molar-refractivity contribution in [2.45, 2.75) is 16.4 Å². The Morgan fingerprint density at radius 2 is 1.81 bits per heavy atom. The van der Waals surface area contributed by atoms with E-state index in [0.717, 1.165) is 11.3 Å². The van der Waals surface area contributed by atoms with Gasteiger partial charge in [-0.3, -0.25) is 14.9 Å².